The summed E-state index contributed by atoms with van der Waals surface area (Å²) in [7, 11) is 0. The Morgan fingerprint density at radius 2 is 1.83 bits per heavy atom. The van der Waals surface area contributed by atoms with Gasteiger partial charge in [-0.3, -0.25) is 0 Å². The second-order valence-electron chi connectivity index (χ2n) is 2.88. The third kappa shape index (κ3) is 6.46. The van der Waals surface area contributed by atoms with Gasteiger partial charge in [-0.15, -0.1) is 0 Å². The SMILES string of the molecule is CCCNC(CC)CC(F)(F)F. The van der Waals surface area contributed by atoms with Crippen molar-refractivity contribution in [1.29, 1.82) is 0 Å². The maximum atomic E-state index is 11.9. The minimum absolute atomic E-state index is 0.412. The molecule has 74 valence electrons. The van der Waals surface area contributed by atoms with Gasteiger partial charge >= 0.3 is 6.18 Å². The van der Waals surface area contributed by atoms with E-state index in [1.807, 2.05) is 6.92 Å². The highest BCUT2D eigenvalue weighted by Gasteiger charge is 2.30. The summed E-state index contributed by atoms with van der Waals surface area (Å²) in [6.07, 6.45) is -3.36. The summed E-state index contributed by atoms with van der Waals surface area (Å²) in [6, 6.07) is -0.412. The van der Waals surface area contributed by atoms with Gasteiger partial charge in [-0.2, -0.15) is 13.2 Å². The zero-order chi connectivity index (χ0) is 9.61. The molecule has 0 aromatic carbocycles. The first-order chi connectivity index (χ1) is 5.49. The lowest BCUT2D eigenvalue weighted by Crippen LogP contribution is -2.33. The highest BCUT2D eigenvalue weighted by molar-refractivity contribution is 4.68. The van der Waals surface area contributed by atoms with E-state index < -0.39 is 18.6 Å². The number of alkyl halides is 3. The quantitative estimate of drug-likeness (QED) is 0.691. The maximum Gasteiger partial charge on any atom is 0.390 e. The number of hydrogen-bond donors (Lipinski definition) is 1. The Balaban J connectivity index is 3.67. The van der Waals surface area contributed by atoms with Gasteiger partial charge in [0.05, 0.1) is 6.42 Å². The summed E-state index contributed by atoms with van der Waals surface area (Å²) in [6.45, 7) is 4.36. The third-order valence-corrected chi connectivity index (χ3v) is 1.65. The molecule has 12 heavy (non-hydrogen) atoms. The van der Waals surface area contributed by atoms with Crippen molar-refractivity contribution in [3.05, 3.63) is 0 Å². The van der Waals surface area contributed by atoms with E-state index in [9.17, 15) is 13.2 Å². The molecule has 1 N–H and O–H groups in total. The Morgan fingerprint density at radius 1 is 1.25 bits per heavy atom. The lowest BCUT2D eigenvalue weighted by atomic mass is 10.1. The fraction of sp³-hybridized carbons (Fsp3) is 1.00. The standard InChI is InChI=1S/C8H16F3N/c1-3-5-12-7(4-2)6-8(9,10)11/h7,12H,3-6H2,1-2H3. The van der Waals surface area contributed by atoms with Gasteiger partial charge in [-0.05, 0) is 19.4 Å². The molecule has 1 unspecified atom stereocenters. The van der Waals surface area contributed by atoms with Crippen molar-refractivity contribution < 1.29 is 13.2 Å². The summed E-state index contributed by atoms with van der Waals surface area (Å²) in [5.74, 6) is 0. The van der Waals surface area contributed by atoms with Crippen LogP contribution in [0.15, 0.2) is 0 Å². The largest absolute Gasteiger partial charge is 0.390 e. The Kier molecular flexibility index (Phi) is 5.29. The van der Waals surface area contributed by atoms with Crippen LogP contribution < -0.4 is 5.32 Å². The molecule has 0 aliphatic carbocycles. The fourth-order valence-electron chi connectivity index (χ4n) is 0.989. The molecule has 0 aliphatic rings. The van der Waals surface area contributed by atoms with Crippen LogP contribution in [-0.4, -0.2) is 18.8 Å². The molecule has 1 atom stereocenters. The molecule has 0 heterocycles. The summed E-state index contributed by atoms with van der Waals surface area (Å²) >= 11 is 0. The van der Waals surface area contributed by atoms with Crippen LogP contribution in [0.4, 0.5) is 13.2 Å². The number of hydrogen-bond acceptors (Lipinski definition) is 1. The van der Waals surface area contributed by atoms with Crippen LogP contribution >= 0.6 is 0 Å². The van der Waals surface area contributed by atoms with Crippen molar-refractivity contribution in [3.63, 3.8) is 0 Å². The molecule has 0 spiro atoms. The monoisotopic (exact) mass is 183 g/mol. The summed E-state index contributed by atoms with van der Waals surface area (Å²) < 4.78 is 35.6. The first kappa shape index (κ1) is 11.8. The van der Waals surface area contributed by atoms with E-state index in [1.54, 1.807) is 6.92 Å². The van der Waals surface area contributed by atoms with E-state index in [4.69, 9.17) is 0 Å². The average molecular weight is 183 g/mol. The van der Waals surface area contributed by atoms with E-state index >= 15 is 0 Å². The van der Waals surface area contributed by atoms with Crippen LogP contribution in [0.5, 0.6) is 0 Å². The molecule has 0 bridgehead atoms. The lowest BCUT2D eigenvalue weighted by molar-refractivity contribution is -0.140. The van der Waals surface area contributed by atoms with Crippen molar-refractivity contribution >= 4 is 0 Å². The molecule has 1 nitrogen and oxygen atoms in total. The Labute approximate surface area is 71.3 Å². The van der Waals surface area contributed by atoms with E-state index in [2.05, 4.69) is 5.32 Å². The average Bonchev–Trinajstić information content (AvgIpc) is 1.95. The Morgan fingerprint density at radius 3 is 2.17 bits per heavy atom. The molecule has 0 aromatic heterocycles. The van der Waals surface area contributed by atoms with Crippen molar-refractivity contribution in [1.82, 2.24) is 5.32 Å². The van der Waals surface area contributed by atoms with Gasteiger partial charge in [0.2, 0.25) is 0 Å². The van der Waals surface area contributed by atoms with Crippen molar-refractivity contribution in [2.24, 2.45) is 0 Å². The van der Waals surface area contributed by atoms with Crippen LogP contribution in [0, 0.1) is 0 Å². The zero-order valence-electron chi connectivity index (χ0n) is 7.54. The molecular formula is C8H16F3N. The maximum absolute atomic E-state index is 11.9. The van der Waals surface area contributed by atoms with E-state index in [1.165, 1.54) is 0 Å². The van der Waals surface area contributed by atoms with Crippen LogP contribution in [-0.2, 0) is 0 Å². The normalized spacial score (nSPS) is 14.8. The number of rotatable bonds is 5. The van der Waals surface area contributed by atoms with Crippen LogP contribution in [0.3, 0.4) is 0 Å². The van der Waals surface area contributed by atoms with Crippen LogP contribution in [0.1, 0.15) is 33.1 Å². The van der Waals surface area contributed by atoms with Crippen LogP contribution in [0.2, 0.25) is 0 Å². The van der Waals surface area contributed by atoms with Gasteiger partial charge in [0, 0.05) is 6.04 Å². The molecule has 0 fully saturated rings. The zero-order valence-corrected chi connectivity index (χ0v) is 7.54. The van der Waals surface area contributed by atoms with Crippen molar-refractivity contribution in [2.45, 2.75) is 45.3 Å². The molecule has 0 saturated heterocycles. The van der Waals surface area contributed by atoms with Crippen LogP contribution in [0.25, 0.3) is 0 Å². The lowest BCUT2D eigenvalue weighted by Gasteiger charge is -2.17. The smallest absolute Gasteiger partial charge is 0.314 e. The highest BCUT2D eigenvalue weighted by Crippen LogP contribution is 2.22. The minimum atomic E-state index is -4.04. The second-order valence-corrected chi connectivity index (χ2v) is 2.88. The highest BCUT2D eigenvalue weighted by atomic mass is 19.4. The van der Waals surface area contributed by atoms with Gasteiger partial charge in [0.25, 0.3) is 0 Å². The number of nitrogens with one attached hydrogen (secondary N) is 1. The first-order valence-electron chi connectivity index (χ1n) is 4.29. The van der Waals surface area contributed by atoms with E-state index in [0.717, 1.165) is 6.42 Å². The third-order valence-electron chi connectivity index (χ3n) is 1.65. The second kappa shape index (κ2) is 5.41. The molecule has 4 heteroatoms. The molecule has 0 amide bonds. The summed E-state index contributed by atoms with van der Waals surface area (Å²) in [5, 5.41) is 2.86. The predicted octanol–water partition coefficient (Wildman–Crippen LogP) is 2.72. The van der Waals surface area contributed by atoms with Gasteiger partial charge in [-0.1, -0.05) is 13.8 Å². The van der Waals surface area contributed by atoms with Gasteiger partial charge in [0.1, 0.15) is 0 Å². The van der Waals surface area contributed by atoms with E-state index in [0.29, 0.717) is 13.0 Å². The minimum Gasteiger partial charge on any atom is -0.314 e. The summed E-state index contributed by atoms with van der Waals surface area (Å²) in [5.41, 5.74) is 0. The summed E-state index contributed by atoms with van der Waals surface area (Å²) in [4.78, 5) is 0. The van der Waals surface area contributed by atoms with Gasteiger partial charge in [0.15, 0.2) is 0 Å². The van der Waals surface area contributed by atoms with Gasteiger partial charge < -0.3 is 5.32 Å². The molecule has 0 aromatic rings. The predicted molar refractivity (Wildman–Crippen MR) is 43.0 cm³/mol. The van der Waals surface area contributed by atoms with E-state index in [-0.39, 0.29) is 0 Å². The fourth-order valence-corrected chi connectivity index (χ4v) is 0.989. The van der Waals surface area contributed by atoms with Gasteiger partial charge in [-0.25, -0.2) is 0 Å². The van der Waals surface area contributed by atoms with Crippen molar-refractivity contribution in [3.8, 4) is 0 Å². The molecule has 0 radical (unpaired) electrons. The first-order valence-corrected chi connectivity index (χ1v) is 4.29. The Bertz CT molecular complexity index is 111. The topological polar surface area (TPSA) is 12.0 Å². The molecule has 0 saturated carbocycles. The number of halogens is 3. The Hall–Kier alpha value is -0.250. The molecular weight excluding hydrogens is 167 g/mol. The molecule has 0 rings (SSSR count). The molecule has 0 aliphatic heterocycles. The van der Waals surface area contributed by atoms with Crippen molar-refractivity contribution in [2.75, 3.05) is 6.54 Å².